The number of nitrogens with one attached hydrogen (secondary N) is 2. The largest absolute Gasteiger partial charge is 0.321 e. The van der Waals surface area contributed by atoms with Gasteiger partial charge in [-0.15, -0.1) is 0 Å². The first-order chi connectivity index (χ1) is 15.9. The number of aliphatic imine (C=N–C) groups is 1. The van der Waals surface area contributed by atoms with Crippen LogP contribution in [-0.4, -0.2) is 48.6 Å². The lowest BCUT2D eigenvalue weighted by atomic mass is 10.1. The molecular weight excluding hydrogens is 489 g/mol. The molecule has 1 heterocycles. The lowest BCUT2D eigenvalue weighted by Gasteiger charge is -2.16. The zero-order chi connectivity index (χ0) is 23.8. The molecule has 1 aromatic heterocycles. The van der Waals surface area contributed by atoms with Crippen LogP contribution in [0.15, 0.2) is 70.3 Å². The van der Waals surface area contributed by atoms with E-state index in [1.54, 1.807) is 48.7 Å². The molecule has 0 saturated heterocycles. The Morgan fingerprint density at radius 1 is 1.09 bits per heavy atom. The maximum absolute atomic E-state index is 14.7. The van der Waals surface area contributed by atoms with Gasteiger partial charge in [0.2, 0.25) is 0 Å². The molecule has 3 rings (SSSR count). The smallest absolute Gasteiger partial charge is 0.258 e. The maximum Gasteiger partial charge on any atom is 0.258 e. The van der Waals surface area contributed by atoms with Crippen LogP contribution in [0.4, 0.5) is 15.9 Å². The Hall–Kier alpha value is -3.43. The van der Waals surface area contributed by atoms with Gasteiger partial charge in [0, 0.05) is 23.8 Å². The summed E-state index contributed by atoms with van der Waals surface area (Å²) in [6.07, 6.45) is 1.56. The van der Waals surface area contributed by atoms with E-state index < -0.39 is 17.6 Å². The first kappa shape index (κ1) is 24.2. The minimum atomic E-state index is -0.648. The summed E-state index contributed by atoms with van der Waals surface area (Å²) >= 11 is 3.29. The second kappa shape index (κ2) is 11.4. The summed E-state index contributed by atoms with van der Waals surface area (Å²) in [5.41, 5.74) is 1.11. The topological polar surface area (TPSA) is 86.7 Å². The number of carbonyl (C=O) groups is 2. The van der Waals surface area contributed by atoms with Crippen molar-refractivity contribution in [3.63, 3.8) is 0 Å². The average molecular weight is 512 g/mol. The number of aromatic nitrogens is 1. The van der Waals surface area contributed by atoms with Gasteiger partial charge in [0.05, 0.1) is 23.4 Å². The Kier molecular flexibility index (Phi) is 8.39. The second-order valence-electron chi connectivity index (χ2n) is 7.31. The molecule has 2 N–H and O–H groups in total. The van der Waals surface area contributed by atoms with E-state index in [-0.39, 0.29) is 16.8 Å². The lowest BCUT2D eigenvalue weighted by Crippen LogP contribution is -2.21. The van der Waals surface area contributed by atoms with Crippen LogP contribution >= 0.6 is 15.9 Å². The highest BCUT2D eigenvalue weighted by molar-refractivity contribution is 9.10. The first-order valence-electron chi connectivity index (χ1n) is 10.1. The number of hydrogen-bond donors (Lipinski definition) is 2. The van der Waals surface area contributed by atoms with Crippen LogP contribution in [0.25, 0.3) is 0 Å². The van der Waals surface area contributed by atoms with Crippen LogP contribution in [0.5, 0.6) is 0 Å². The zero-order valence-electron chi connectivity index (χ0n) is 18.0. The van der Waals surface area contributed by atoms with Gasteiger partial charge in [-0.05, 0) is 71.7 Å². The molecule has 0 saturated carbocycles. The first-order valence-corrected chi connectivity index (χ1v) is 10.9. The van der Waals surface area contributed by atoms with Gasteiger partial charge in [0.15, 0.2) is 0 Å². The highest BCUT2D eigenvalue weighted by Gasteiger charge is 2.17. The third kappa shape index (κ3) is 6.77. The number of rotatable bonds is 9. The van der Waals surface area contributed by atoms with Gasteiger partial charge < -0.3 is 15.5 Å². The molecule has 0 fully saturated rings. The predicted octanol–water partition coefficient (Wildman–Crippen LogP) is 4.62. The number of halogens is 2. The Labute approximate surface area is 199 Å². The van der Waals surface area contributed by atoms with E-state index in [2.05, 4.69) is 43.3 Å². The lowest BCUT2D eigenvalue weighted by molar-refractivity contribution is 0.102. The molecule has 0 aliphatic carbocycles. The molecule has 0 aliphatic rings. The number of amides is 2. The van der Waals surface area contributed by atoms with Crippen LogP contribution in [0.1, 0.15) is 26.3 Å². The van der Waals surface area contributed by atoms with Crippen molar-refractivity contribution in [1.82, 2.24) is 9.88 Å². The summed E-state index contributed by atoms with van der Waals surface area (Å²) in [6.45, 7) is 5.25. The van der Waals surface area contributed by atoms with Crippen LogP contribution < -0.4 is 10.6 Å². The average Bonchev–Trinajstić information content (AvgIpc) is 2.79. The molecule has 0 spiro atoms. The number of benzene rings is 2. The van der Waals surface area contributed by atoms with Crippen molar-refractivity contribution in [2.75, 3.05) is 30.8 Å². The fraction of sp³-hybridized carbons (Fsp3) is 0.167. The fourth-order valence-electron chi connectivity index (χ4n) is 3.09. The maximum atomic E-state index is 14.7. The molecule has 0 bridgehead atoms. The van der Waals surface area contributed by atoms with Crippen molar-refractivity contribution in [1.29, 1.82) is 0 Å². The van der Waals surface area contributed by atoms with Gasteiger partial charge in [0.25, 0.3) is 11.8 Å². The summed E-state index contributed by atoms with van der Waals surface area (Å²) in [6, 6.07) is 14.4. The van der Waals surface area contributed by atoms with Crippen LogP contribution in [0, 0.1) is 5.82 Å². The van der Waals surface area contributed by atoms with Gasteiger partial charge in [-0.25, -0.2) is 9.37 Å². The molecule has 170 valence electrons. The standard InChI is InChI=1S/C24H23BrFN5O2/c1-27-11-12-31(2)15-16-7-9-18(20(26)13-16)23(32)29-21-6-4-3-5-19(21)24(33)30-22-10-8-17(25)14-28-22/h3-10,13-14H,1,11-12,15H2,2H3,(H,29,32)(H,28,30,33). The SMILES string of the molecule is C=NCCN(C)Cc1ccc(C(=O)Nc2ccccc2C(=O)Nc2ccc(Br)cn2)c(F)c1. The molecule has 9 heteroatoms. The van der Waals surface area contributed by atoms with E-state index in [1.807, 2.05) is 11.9 Å². The summed E-state index contributed by atoms with van der Waals surface area (Å²) in [7, 11) is 1.90. The molecular formula is C24H23BrFN5O2. The molecule has 0 atom stereocenters. The number of para-hydroxylation sites is 1. The number of hydrogen-bond acceptors (Lipinski definition) is 5. The van der Waals surface area contributed by atoms with Gasteiger partial charge in [-0.2, -0.15) is 0 Å². The number of anilines is 2. The number of nitrogens with zero attached hydrogens (tertiary/aromatic N) is 3. The molecule has 0 radical (unpaired) electrons. The summed E-state index contributed by atoms with van der Waals surface area (Å²) in [4.78, 5) is 35.4. The third-order valence-electron chi connectivity index (χ3n) is 4.76. The highest BCUT2D eigenvalue weighted by atomic mass is 79.9. The number of pyridine rings is 1. The monoisotopic (exact) mass is 511 g/mol. The Balaban J connectivity index is 1.72. The zero-order valence-corrected chi connectivity index (χ0v) is 19.6. The second-order valence-corrected chi connectivity index (χ2v) is 8.23. The van der Waals surface area contributed by atoms with E-state index >= 15 is 0 Å². The highest BCUT2D eigenvalue weighted by Crippen LogP contribution is 2.20. The fourth-order valence-corrected chi connectivity index (χ4v) is 3.32. The van der Waals surface area contributed by atoms with Crippen molar-refractivity contribution in [3.8, 4) is 0 Å². The Morgan fingerprint density at radius 2 is 1.85 bits per heavy atom. The van der Waals surface area contributed by atoms with Crippen molar-refractivity contribution in [2.45, 2.75) is 6.54 Å². The van der Waals surface area contributed by atoms with Gasteiger partial charge >= 0.3 is 0 Å². The quantitative estimate of drug-likeness (QED) is 0.410. The van der Waals surface area contributed by atoms with Crippen LogP contribution in [-0.2, 0) is 6.54 Å². The van der Waals surface area contributed by atoms with Crippen molar-refractivity contribution in [2.24, 2.45) is 4.99 Å². The summed E-state index contributed by atoms with van der Waals surface area (Å²) in [5.74, 6) is -1.38. The van der Waals surface area contributed by atoms with E-state index in [1.165, 1.54) is 12.1 Å². The third-order valence-corrected chi connectivity index (χ3v) is 5.23. The van der Waals surface area contributed by atoms with E-state index in [0.717, 1.165) is 10.0 Å². The van der Waals surface area contributed by atoms with Crippen molar-refractivity contribution in [3.05, 3.63) is 87.8 Å². The minimum Gasteiger partial charge on any atom is -0.321 e. The molecule has 33 heavy (non-hydrogen) atoms. The Morgan fingerprint density at radius 3 is 2.55 bits per heavy atom. The van der Waals surface area contributed by atoms with Crippen LogP contribution in [0.3, 0.4) is 0 Å². The molecule has 2 aromatic carbocycles. The summed E-state index contributed by atoms with van der Waals surface area (Å²) in [5, 5.41) is 5.31. The van der Waals surface area contributed by atoms with Gasteiger partial charge in [0.1, 0.15) is 11.6 Å². The van der Waals surface area contributed by atoms with Crippen LogP contribution in [0.2, 0.25) is 0 Å². The number of carbonyl (C=O) groups excluding carboxylic acids is 2. The van der Waals surface area contributed by atoms with Crippen molar-refractivity contribution < 1.29 is 14.0 Å². The normalized spacial score (nSPS) is 10.7. The van der Waals surface area contributed by atoms with E-state index in [0.29, 0.717) is 25.5 Å². The minimum absolute atomic E-state index is 0.112. The predicted molar refractivity (Wildman–Crippen MR) is 131 cm³/mol. The van der Waals surface area contributed by atoms with Crippen molar-refractivity contribution >= 4 is 46.0 Å². The molecule has 0 unspecified atom stereocenters. The summed E-state index contributed by atoms with van der Waals surface area (Å²) < 4.78 is 15.5. The van der Waals surface area contributed by atoms with E-state index in [9.17, 15) is 14.0 Å². The molecule has 7 nitrogen and oxygen atoms in total. The van der Waals surface area contributed by atoms with Gasteiger partial charge in [-0.3, -0.25) is 14.6 Å². The Bertz CT molecular complexity index is 1150. The number of likely N-dealkylation sites (N-methyl/N-ethyl adjacent to an activating group) is 1. The molecule has 3 aromatic rings. The van der Waals surface area contributed by atoms with Gasteiger partial charge in [-0.1, -0.05) is 18.2 Å². The molecule has 2 amide bonds. The van der Waals surface area contributed by atoms with E-state index in [4.69, 9.17) is 0 Å². The molecule has 0 aliphatic heterocycles.